The molecule has 0 bridgehead atoms. The minimum absolute atomic E-state index is 0.0697. The zero-order chi connectivity index (χ0) is 18.6. The maximum atomic E-state index is 13.2. The fourth-order valence-electron chi connectivity index (χ4n) is 3.77. The number of aryl methyl sites for hydroxylation is 1. The summed E-state index contributed by atoms with van der Waals surface area (Å²) in [6, 6.07) is 3.72. The highest BCUT2D eigenvalue weighted by Gasteiger charge is 2.38. The number of amides is 1. The van der Waals surface area contributed by atoms with Crippen LogP contribution in [0, 0.1) is 0 Å². The van der Waals surface area contributed by atoms with Crippen LogP contribution in [0.4, 0.5) is 0 Å². The smallest absolute Gasteiger partial charge is 0.274 e. The van der Waals surface area contributed by atoms with Gasteiger partial charge in [0, 0.05) is 51.8 Å². The predicted octanol–water partition coefficient (Wildman–Crippen LogP) is 0.730. The van der Waals surface area contributed by atoms with Gasteiger partial charge in [-0.1, -0.05) is 6.07 Å². The number of imidazole rings is 1. The van der Waals surface area contributed by atoms with E-state index in [2.05, 4.69) is 14.9 Å². The monoisotopic (exact) mass is 371 g/mol. The highest BCUT2D eigenvalue weighted by molar-refractivity contribution is 5.92. The second-order valence-electron chi connectivity index (χ2n) is 6.98. The second-order valence-corrected chi connectivity index (χ2v) is 6.98. The van der Waals surface area contributed by atoms with Crippen molar-refractivity contribution in [1.29, 1.82) is 0 Å². The molecule has 27 heavy (non-hydrogen) atoms. The predicted molar refractivity (Wildman–Crippen MR) is 98.2 cm³/mol. The maximum Gasteiger partial charge on any atom is 0.274 e. The van der Waals surface area contributed by atoms with Crippen molar-refractivity contribution in [3.05, 3.63) is 48.3 Å². The number of carbonyl (C=O) groups excluding carboxylic acids is 1. The third-order valence-electron chi connectivity index (χ3n) is 5.10. The zero-order valence-electron chi connectivity index (χ0n) is 15.5. The van der Waals surface area contributed by atoms with Crippen molar-refractivity contribution < 1.29 is 14.3 Å². The largest absolute Gasteiger partial charge is 0.379 e. The van der Waals surface area contributed by atoms with E-state index in [9.17, 15) is 4.79 Å². The van der Waals surface area contributed by atoms with E-state index in [0.29, 0.717) is 18.8 Å². The fourth-order valence-corrected chi connectivity index (χ4v) is 3.77. The Hall–Kier alpha value is -2.29. The van der Waals surface area contributed by atoms with Crippen molar-refractivity contribution in [3.63, 3.8) is 0 Å². The molecule has 0 spiro atoms. The normalized spacial score (nSPS) is 24.1. The lowest BCUT2D eigenvalue weighted by atomic mass is 9.98. The number of nitrogens with zero attached hydrogens (tertiary/aromatic N) is 5. The molecule has 0 radical (unpaired) electrons. The summed E-state index contributed by atoms with van der Waals surface area (Å²) >= 11 is 0. The molecule has 0 saturated carbocycles. The van der Waals surface area contributed by atoms with Gasteiger partial charge < -0.3 is 18.9 Å². The van der Waals surface area contributed by atoms with E-state index in [1.807, 2.05) is 30.3 Å². The van der Waals surface area contributed by atoms with Gasteiger partial charge in [-0.2, -0.15) is 0 Å². The summed E-state index contributed by atoms with van der Waals surface area (Å²) in [4.78, 5) is 25.9. The van der Waals surface area contributed by atoms with Gasteiger partial charge >= 0.3 is 0 Å². The molecule has 2 aromatic rings. The Morgan fingerprint density at radius 2 is 2.11 bits per heavy atom. The second kappa shape index (κ2) is 8.16. The van der Waals surface area contributed by atoms with Crippen molar-refractivity contribution in [1.82, 2.24) is 24.3 Å². The summed E-state index contributed by atoms with van der Waals surface area (Å²) in [5.74, 6) is -0.0697. The number of pyridine rings is 1. The average molecular weight is 371 g/mol. The Kier molecular flexibility index (Phi) is 5.47. The first kappa shape index (κ1) is 18.1. The number of carbonyl (C=O) groups is 1. The van der Waals surface area contributed by atoms with Crippen LogP contribution in [0.3, 0.4) is 0 Å². The molecule has 0 unspecified atom stereocenters. The topological polar surface area (TPSA) is 72.7 Å². The Labute approximate surface area is 158 Å². The molecular formula is C19H25N5O3. The summed E-state index contributed by atoms with van der Waals surface area (Å²) in [5, 5.41) is 0. The van der Waals surface area contributed by atoms with E-state index in [1.165, 1.54) is 0 Å². The van der Waals surface area contributed by atoms with E-state index in [4.69, 9.17) is 9.47 Å². The lowest BCUT2D eigenvalue weighted by Gasteiger charge is -2.43. The molecule has 2 aromatic heterocycles. The van der Waals surface area contributed by atoms with Gasteiger partial charge in [-0.25, -0.2) is 4.98 Å². The van der Waals surface area contributed by atoms with Crippen LogP contribution in [0.25, 0.3) is 0 Å². The maximum absolute atomic E-state index is 13.2. The first-order valence-corrected chi connectivity index (χ1v) is 9.33. The lowest BCUT2D eigenvalue weighted by Crippen LogP contribution is -2.53. The zero-order valence-corrected chi connectivity index (χ0v) is 15.5. The van der Waals surface area contributed by atoms with E-state index in [-0.39, 0.29) is 18.1 Å². The summed E-state index contributed by atoms with van der Waals surface area (Å²) in [6.07, 6.45) is 6.86. The molecule has 8 heteroatoms. The first-order chi connectivity index (χ1) is 13.2. The molecule has 0 aliphatic carbocycles. The van der Waals surface area contributed by atoms with Gasteiger partial charge in [-0.15, -0.1) is 0 Å². The summed E-state index contributed by atoms with van der Waals surface area (Å²) < 4.78 is 13.4. The molecule has 2 aliphatic heterocycles. The summed E-state index contributed by atoms with van der Waals surface area (Å²) in [6.45, 7) is 5.05. The average Bonchev–Trinajstić information content (AvgIpc) is 3.15. The van der Waals surface area contributed by atoms with Crippen LogP contribution in [-0.2, 0) is 16.5 Å². The Morgan fingerprint density at radius 1 is 1.26 bits per heavy atom. The fraction of sp³-hybridized carbons (Fsp3) is 0.526. The third kappa shape index (κ3) is 4.02. The van der Waals surface area contributed by atoms with Crippen molar-refractivity contribution in [2.24, 2.45) is 7.05 Å². The van der Waals surface area contributed by atoms with Gasteiger partial charge in [0.25, 0.3) is 5.91 Å². The molecule has 8 nitrogen and oxygen atoms in total. The number of ether oxygens (including phenoxy) is 2. The van der Waals surface area contributed by atoms with Crippen LogP contribution in [0.15, 0.2) is 37.1 Å². The van der Waals surface area contributed by atoms with Gasteiger partial charge in [0.15, 0.2) is 0 Å². The van der Waals surface area contributed by atoms with E-state index >= 15 is 0 Å². The Balaban J connectivity index is 1.61. The van der Waals surface area contributed by atoms with Crippen LogP contribution in [0.1, 0.15) is 22.1 Å². The van der Waals surface area contributed by atoms with Crippen LogP contribution in [0.2, 0.25) is 0 Å². The van der Waals surface area contributed by atoms with Crippen molar-refractivity contribution in [2.45, 2.75) is 12.1 Å². The third-order valence-corrected chi connectivity index (χ3v) is 5.10. The number of morpholine rings is 2. The molecule has 2 atom stereocenters. The van der Waals surface area contributed by atoms with Crippen LogP contribution in [-0.4, -0.2) is 82.3 Å². The molecular weight excluding hydrogens is 346 g/mol. The summed E-state index contributed by atoms with van der Waals surface area (Å²) in [5.41, 5.74) is 1.44. The van der Waals surface area contributed by atoms with Gasteiger partial charge in [0.2, 0.25) is 0 Å². The Bertz CT molecular complexity index is 760. The Morgan fingerprint density at radius 3 is 2.81 bits per heavy atom. The standard InChI is InChI=1S/C19H25N5O3/c1-22-12-16(21-14-22)19(25)24-7-10-27-17(13-23-5-8-26-9-6-23)18(24)15-3-2-4-20-11-15/h2-4,11-12,14,17-18H,5-10,13H2,1H3/t17-,18-/m0/s1. The molecule has 2 aliphatic rings. The highest BCUT2D eigenvalue weighted by atomic mass is 16.5. The number of rotatable bonds is 4. The first-order valence-electron chi connectivity index (χ1n) is 9.33. The minimum atomic E-state index is -0.190. The van der Waals surface area contributed by atoms with E-state index in [1.54, 1.807) is 23.3 Å². The van der Waals surface area contributed by atoms with E-state index in [0.717, 1.165) is 38.4 Å². The van der Waals surface area contributed by atoms with E-state index < -0.39 is 0 Å². The molecule has 4 rings (SSSR count). The van der Waals surface area contributed by atoms with Crippen LogP contribution >= 0.6 is 0 Å². The van der Waals surface area contributed by atoms with Gasteiger partial charge in [-0.05, 0) is 11.6 Å². The SMILES string of the molecule is Cn1cnc(C(=O)N2CCO[C@@H](CN3CCOCC3)[C@@H]2c2cccnc2)c1. The molecule has 2 fully saturated rings. The molecule has 2 saturated heterocycles. The number of aromatic nitrogens is 3. The molecule has 0 aromatic carbocycles. The van der Waals surface area contributed by atoms with Crippen LogP contribution in [0.5, 0.6) is 0 Å². The highest BCUT2D eigenvalue weighted by Crippen LogP contribution is 2.31. The van der Waals surface area contributed by atoms with Gasteiger partial charge in [0.05, 0.1) is 38.3 Å². The van der Waals surface area contributed by atoms with Gasteiger partial charge in [-0.3, -0.25) is 14.7 Å². The molecule has 1 amide bonds. The van der Waals surface area contributed by atoms with Gasteiger partial charge in [0.1, 0.15) is 5.69 Å². The summed E-state index contributed by atoms with van der Waals surface area (Å²) in [7, 11) is 1.86. The van der Waals surface area contributed by atoms with Crippen LogP contribution < -0.4 is 0 Å². The van der Waals surface area contributed by atoms with Crippen molar-refractivity contribution in [2.75, 3.05) is 46.0 Å². The quantitative estimate of drug-likeness (QED) is 0.789. The lowest BCUT2D eigenvalue weighted by molar-refractivity contribution is -0.0820. The minimum Gasteiger partial charge on any atom is -0.379 e. The van der Waals surface area contributed by atoms with Crippen molar-refractivity contribution >= 4 is 5.91 Å². The molecule has 4 heterocycles. The number of hydrogen-bond donors (Lipinski definition) is 0. The molecule has 0 N–H and O–H groups in total. The van der Waals surface area contributed by atoms with Crippen molar-refractivity contribution in [3.8, 4) is 0 Å². The molecule has 144 valence electrons. The number of hydrogen-bond acceptors (Lipinski definition) is 6.